The lowest BCUT2D eigenvalue weighted by Crippen LogP contribution is -2.45. The zero-order valence-electron chi connectivity index (χ0n) is 11.4. The van der Waals surface area contributed by atoms with Crippen molar-refractivity contribution in [1.29, 1.82) is 0 Å². The van der Waals surface area contributed by atoms with E-state index in [9.17, 15) is 8.42 Å². The fourth-order valence-corrected chi connectivity index (χ4v) is 3.79. The molecule has 6 nitrogen and oxygen atoms in total. The predicted octanol–water partition coefficient (Wildman–Crippen LogP) is 1.03. The van der Waals surface area contributed by atoms with Crippen LogP contribution in [0.15, 0.2) is 11.9 Å². The van der Waals surface area contributed by atoms with Crippen LogP contribution in [-0.4, -0.2) is 42.8 Å². The first-order chi connectivity index (χ1) is 8.45. The van der Waals surface area contributed by atoms with Gasteiger partial charge < -0.3 is 13.3 Å². The van der Waals surface area contributed by atoms with Crippen LogP contribution < -0.4 is 4.72 Å². The molecule has 108 valence electrons. The molecule has 0 rings (SSSR count). The van der Waals surface area contributed by atoms with Gasteiger partial charge in [-0.05, 0) is 27.7 Å². The first-order valence-electron chi connectivity index (χ1n) is 6.04. The molecule has 0 aromatic heterocycles. The number of sulfonamides is 1. The summed E-state index contributed by atoms with van der Waals surface area (Å²) in [6.45, 7) is 8.40. The molecule has 8 heteroatoms. The molecule has 0 bridgehead atoms. The minimum Gasteiger partial charge on any atom is -0.371 e. The molecule has 0 aliphatic carbocycles. The smallest absolute Gasteiger partial charge is 0.371 e. The van der Waals surface area contributed by atoms with Gasteiger partial charge in [0.2, 0.25) is 10.0 Å². The van der Waals surface area contributed by atoms with Crippen LogP contribution in [-0.2, 0) is 23.3 Å². The second kappa shape index (κ2) is 8.65. The Labute approximate surface area is 111 Å². The predicted molar refractivity (Wildman–Crippen MR) is 72.4 cm³/mol. The van der Waals surface area contributed by atoms with E-state index in [1.54, 1.807) is 12.6 Å². The van der Waals surface area contributed by atoms with E-state index in [0.29, 0.717) is 19.8 Å². The molecule has 0 heterocycles. The van der Waals surface area contributed by atoms with E-state index in [4.69, 9.17) is 13.3 Å². The summed E-state index contributed by atoms with van der Waals surface area (Å²) in [5, 5.41) is 0. The number of rotatable bonds is 10. The van der Waals surface area contributed by atoms with E-state index in [1.165, 1.54) is 6.20 Å². The molecule has 0 fully saturated rings. The lowest BCUT2D eigenvalue weighted by atomic mass is 10.9. The van der Waals surface area contributed by atoms with Crippen molar-refractivity contribution in [2.75, 3.05) is 25.6 Å². The first-order valence-corrected chi connectivity index (χ1v) is 9.50. The van der Waals surface area contributed by atoms with Crippen molar-refractivity contribution >= 4 is 18.8 Å². The molecule has 0 aliphatic rings. The van der Waals surface area contributed by atoms with Gasteiger partial charge in [-0.25, -0.2) is 8.42 Å². The molecular weight excluding hydrogens is 274 g/mol. The fraction of sp³-hybridized carbons (Fsp3) is 0.800. The largest absolute Gasteiger partial charge is 0.531 e. The van der Waals surface area contributed by atoms with Gasteiger partial charge in [0.15, 0.2) is 0 Å². The fourth-order valence-electron chi connectivity index (χ4n) is 1.20. The molecular formula is C10H23NO5SSi. The first kappa shape index (κ1) is 17.6. The lowest BCUT2D eigenvalue weighted by molar-refractivity contribution is 0.0842. The van der Waals surface area contributed by atoms with E-state index in [2.05, 4.69) is 4.72 Å². The van der Waals surface area contributed by atoms with Crippen LogP contribution in [0, 0.1) is 0 Å². The quantitative estimate of drug-likeness (QED) is 0.610. The summed E-state index contributed by atoms with van der Waals surface area (Å²) in [5.41, 5.74) is 1.55. The minimum atomic E-state index is -3.27. The number of hydrogen-bond acceptors (Lipinski definition) is 5. The SMILES string of the molecule is CCO[Si](C=CNS(=O)(=O)CC)(OCC)OCC. The normalized spacial score (nSPS) is 13.1. The summed E-state index contributed by atoms with van der Waals surface area (Å²) >= 11 is 0. The Morgan fingerprint density at radius 3 is 1.78 bits per heavy atom. The van der Waals surface area contributed by atoms with Crippen molar-refractivity contribution in [2.45, 2.75) is 27.7 Å². The van der Waals surface area contributed by atoms with Gasteiger partial charge in [-0.15, -0.1) is 0 Å². The second-order valence-corrected chi connectivity index (χ2v) is 7.71. The summed E-state index contributed by atoms with van der Waals surface area (Å²) in [6.07, 6.45) is 1.33. The molecule has 18 heavy (non-hydrogen) atoms. The average Bonchev–Trinajstić information content (AvgIpc) is 2.30. The molecule has 0 amide bonds. The Kier molecular flexibility index (Phi) is 8.45. The van der Waals surface area contributed by atoms with Gasteiger partial charge in [-0.3, -0.25) is 4.72 Å². The Morgan fingerprint density at radius 2 is 1.44 bits per heavy atom. The van der Waals surface area contributed by atoms with E-state index in [0.717, 1.165) is 0 Å². The van der Waals surface area contributed by atoms with Gasteiger partial charge in [-0.1, -0.05) is 0 Å². The van der Waals surface area contributed by atoms with Crippen LogP contribution in [0.4, 0.5) is 0 Å². The molecule has 0 spiro atoms. The lowest BCUT2D eigenvalue weighted by Gasteiger charge is -2.25. The molecule has 0 aromatic carbocycles. The molecule has 0 saturated carbocycles. The van der Waals surface area contributed by atoms with Crippen LogP contribution in [0.2, 0.25) is 0 Å². The van der Waals surface area contributed by atoms with Crippen LogP contribution in [0.3, 0.4) is 0 Å². The van der Waals surface area contributed by atoms with E-state index in [-0.39, 0.29) is 5.75 Å². The van der Waals surface area contributed by atoms with Crippen molar-refractivity contribution in [3.05, 3.63) is 11.9 Å². The maximum absolute atomic E-state index is 11.3. The third-order valence-corrected chi connectivity index (χ3v) is 5.85. The summed E-state index contributed by atoms with van der Waals surface area (Å²) in [5.74, 6) is 0.0177. The van der Waals surface area contributed by atoms with E-state index in [1.807, 2.05) is 20.8 Å². The third-order valence-electron chi connectivity index (χ3n) is 1.95. The van der Waals surface area contributed by atoms with Crippen molar-refractivity contribution in [3.8, 4) is 0 Å². The monoisotopic (exact) mass is 297 g/mol. The van der Waals surface area contributed by atoms with Crippen LogP contribution in [0.1, 0.15) is 27.7 Å². The zero-order chi connectivity index (χ0) is 14.1. The highest BCUT2D eigenvalue weighted by Gasteiger charge is 2.37. The molecule has 1 N–H and O–H groups in total. The van der Waals surface area contributed by atoms with Gasteiger partial charge in [0, 0.05) is 31.7 Å². The Bertz CT molecular complexity index is 327. The van der Waals surface area contributed by atoms with E-state index >= 15 is 0 Å². The Morgan fingerprint density at radius 1 is 1.00 bits per heavy atom. The molecule has 0 radical (unpaired) electrons. The van der Waals surface area contributed by atoms with Gasteiger partial charge in [-0.2, -0.15) is 0 Å². The van der Waals surface area contributed by atoms with Crippen molar-refractivity contribution in [1.82, 2.24) is 4.72 Å². The van der Waals surface area contributed by atoms with E-state index < -0.39 is 18.8 Å². The van der Waals surface area contributed by atoms with Crippen molar-refractivity contribution in [2.24, 2.45) is 0 Å². The molecule has 0 aliphatic heterocycles. The Balaban J connectivity index is 4.79. The molecule has 0 saturated heterocycles. The molecule has 0 aromatic rings. The summed E-state index contributed by atoms with van der Waals surface area (Å²) in [7, 11) is -6.18. The van der Waals surface area contributed by atoms with Gasteiger partial charge >= 0.3 is 8.80 Å². The van der Waals surface area contributed by atoms with Crippen LogP contribution >= 0.6 is 0 Å². The maximum atomic E-state index is 11.3. The zero-order valence-corrected chi connectivity index (χ0v) is 13.2. The second-order valence-electron chi connectivity index (χ2n) is 3.26. The molecule has 0 atom stereocenters. The number of nitrogens with one attached hydrogen (secondary N) is 1. The number of hydrogen-bond donors (Lipinski definition) is 1. The average molecular weight is 297 g/mol. The van der Waals surface area contributed by atoms with Crippen molar-refractivity contribution in [3.63, 3.8) is 0 Å². The standard InChI is InChI=1S/C10H23NO5SSi/c1-5-14-18(15-6-2,16-7-3)10-9-11-17(12,13)8-4/h9-11H,5-8H2,1-4H3. The minimum absolute atomic E-state index is 0.0177. The highest BCUT2D eigenvalue weighted by Crippen LogP contribution is 2.11. The summed E-state index contributed by atoms with van der Waals surface area (Å²) < 4.78 is 41.5. The van der Waals surface area contributed by atoms with Crippen LogP contribution in [0.5, 0.6) is 0 Å². The van der Waals surface area contributed by atoms with Gasteiger partial charge in [0.05, 0.1) is 5.75 Å². The topological polar surface area (TPSA) is 73.9 Å². The highest BCUT2D eigenvalue weighted by molar-refractivity contribution is 7.89. The third kappa shape index (κ3) is 6.50. The van der Waals surface area contributed by atoms with Gasteiger partial charge in [0.25, 0.3) is 0 Å². The Hall–Kier alpha value is -0.413. The van der Waals surface area contributed by atoms with Crippen molar-refractivity contribution < 1.29 is 21.7 Å². The summed E-state index contributed by atoms with van der Waals surface area (Å²) in [4.78, 5) is 0. The van der Waals surface area contributed by atoms with Crippen LogP contribution in [0.25, 0.3) is 0 Å². The van der Waals surface area contributed by atoms with Gasteiger partial charge in [0.1, 0.15) is 0 Å². The highest BCUT2D eigenvalue weighted by atomic mass is 32.2. The maximum Gasteiger partial charge on any atom is 0.531 e. The summed E-state index contributed by atoms with van der Waals surface area (Å²) in [6, 6.07) is 0. The molecule has 0 unspecified atom stereocenters.